The summed E-state index contributed by atoms with van der Waals surface area (Å²) in [5, 5.41) is 2.88. The predicted octanol–water partition coefficient (Wildman–Crippen LogP) is 3.52. The number of amides is 2. The third kappa shape index (κ3) is 5.35. The number of morpholine rings is 1. The van der Waals surface area contributed by atoms with Gasteiger partial charge < -0.3 is 19.7 Å². The van der Waals surface area contributed by atoms with Crippen molar-refractivity contribution < 1.29 is 19.1 Å². The fourth-order valence-electron chi connectivity index (χ4n) is 3.38. The Morgan fingerprint density at radius 1 is 1.17 bits per heavy atom. The topological polar surface area (TPSA) is 67.9 Å². The number of hydrogen-bond donors (Lipinski definition) is 1. The van der Waals surface area contributed by atoms with Crippen LogP contribution in [0.15, 0.2) is 48.5 Å². The summed E-state index contributed by atoms with van der Waals surface area (Å²) < 4.78 is 10.9. The van der Waals surface area contributed by atoms with E-state index in [-0.39, 0.29) is 23.8 Å². The summed E-state index contributed by atoms with van der Waals surface area (Å²) in [5.41, 5.74) is 1.70. The van der Waals surface area contributed by atoms with Gasteiger partial charge in [0, 0.05) is 17.8 Å². The fraction of sp³-hybridized carbons (Fsp3) is 0.391. The second kappa shape index (κ2) is 9.09. The summed E-state index contributed by atoms with van der Waals surface area (Å²) in [4.78, 5) is 27.2. The molecule has 2 aromatic rings. The van der Waals surface area contributed by atoms with Crippen molar-refractivity contribution in [1.82, 2.24) is 4.90 Å². The number of benzene rings is 2. The highest BCUT2D eigenvalue weighted by Gasteiger charge is 2.34. The lowest BCUT2D eigenvalue weighted by Gasteiger charge is -2.42. The van der Waals surface area contributed by atoms with E-state index in [1.54, 1.807) is 24.3 Å². The highest BCUT2D eigenvalue weighted by atomic mass is 16.5. The maximum atomic E-state index is 13.0. The Labute approximate surface area is 171 Å². The number of anilines is 1. The van der Waals surface area contributed by atoms with Crippen molar-refractivity contribution in [3.05, 3.63) is 59.7 Å². The quantitative estimate of drug-likeness (QED) is 0.811. The Morgan fingerprint density at radius 3 is 2.62 bits per heavy atom. The van der Waals surface area contributed by atoms with Crippen LogP contribution in [-0.4, -0.2) is 48.6 Å². The Bertz CT molecular complexity index is 861. The van der Waals surface area contributed by atoms with Gasteiger partial charge in [-0.1, -0.05) is 18.2 Å². The standard InChI is InChI=1S/C23H28N2O4/c1-4-29-20-10-8-17(9-11-20)14-21(26)24-19-7-5-6-18(15-19)22(27)25-12-13-28-16-23(25,2)3/h5-11,15H,4,12-14,16H2,1-3H3,(H,24,26). The largest absolute Gasteiger partial charge is 0.494 e. The SMILES string of the molecule is CCOc1ccc(CC(=O)Nc2cccc(C(=O)N3CCOCC3(C)C)c2)cc1. The molecule has 1 aliphatic heterocycles. The summed E-state index contributed by atoms with van der Waals surface area (Å²) in [5.74, 6) is 0.597. The van der Waals surface area contributed by atoms with Crippen LogP contribution < -0.4 is 10.1 Å². The van der Waals surface area contributed by atoms with Gasteiger partial charge in [-0.05, 0) is 56.7 Å². The van der Waals surface area contributed by atoms with Gasteiger partial charge in [0.15, 0.2) is 0 Å². The normalized spacial score (nSPS) is 15.6. The van der Waals surface area contributed by atoms with E-state index < -0.39 is 0 Å². The first kappa shape index (κ1) is 20.9. The highest BCUT2D eigenvalue weighted by molar-refractivity contribution is 5.98. The minimum Gasteiger partial charge on any atom is -0.494 e. The molecule has 2 aromatic carbocycles. The Kier molecular flexibility index (Phi) is 6.54. The smallest absolute Gasteiger partial charge is 0.254 e. The molecule has 0 aliphatic carbocycles. The first-order valence-corrected chi connectivity index (χ1v) is 9.90. The maximum absolute atomic E-state index is 13.0. The van der Waals surface area contributed by atoms with Crippen LogP contribution in [0, 0.1) is 0 Å². The molecule has 2 amide bonds. The fourth-order valence-corrected chi connectivity index (χ4v) is 3.38. The molecule has 0 bridgehead atoms. The first-order valence-electron chi connectivity index (χ1n) is 9.90. The molecule has 0 aromatic heterocycles. The number of nitrogens with one attached hydrogen (secondary N) is 1. The maximum Gasteiger partial charge on any atom is 0.254 e. The van der Waals surface area contributed by atoms with Gasteiger partial charge in [-0.2, -0.15) is 0 Å². The molecule has 0 saturated carbocycles. The summed E-state index contributed by atoms with van der Waals surface area (Å²) in [6.07, 6.45) is 0.251. The Balaban J connectivity index is 1.64. The first-order chi connectivity index (χ1) is 13.9. The van der Waals surface area contributed by atoms with Crippen LogP contribution in [0.1, 0.15) is 36.7 Å². The Hall–Kier alpha value is -2.86. The minimum absolute atomic E-state index is 0.0547. The predicted molar refractivity (Wildman–Crippen MR) is 112 cm³/mol. The lowest BCUT2D eigenvalue weighted by atomic mass is 10.0. The third-order valence-electron chi connectivity index (χ3n) is 4.88. The van der Waals surface area contributed by atoms with Crippen LogP contribution in [-0.2, 0) is 16.0 Å². The van der Waals surface area contributed by atoms with E-state index in [9.17, 15) is 9.59 Å². The average molecular weight is 396 g/mol. The molecule has 6 heteroatoms. The number of carbonyl (C=O) groups is 2. The summed E-state index contributed by atoms with van der Waals surface area (Å²) in [6, 6.07) is 14.5. The molecule has 1 aliphatic rings. The molecule has 1 fully saturated rings. The van der Waals surface area contributed by atoms with Gasteiger partial charge in [0.1, 0.15) is 5.75 Å². The number of rotatable bonds is 6. The van der Waals surface area contributed by atoms with Crippen LogP contribution in [0.4, 0.5) is 5.69 Å². The van der Waals surface area contributed by atoms with Crippen molar-refractivity contribution in [2.75, 3.05) is 31.7 Å². The van der Waals surface area contributed by atoms with E-state index in [0.717, 1.165) is 11.3 Å². The number of hydrogen-bond acceptors (Lipinski definition) is 4. The van der Waals surface area contributed by atoms with Gasteiger partial charge in [-0.15, -0.1) is 0 Å². The Morgan fingerprint density at radius 2 is 1.93 bits per heavy atom. The van der Waals surface area contributed by atoms with Crippen LogP contribution >= 0.6 is 0 Å². The number of ether oxygens (including phenoxy) is 2. The van der Waals surface area contributed by atoms with Crippen LogP contribution in [0.3, 0.4) is 0 Å². The molecule has 0 spiro atoms. The highest BCUT2D eigenvalue weighted by Crippen LogP contribution is 2.23. The lowest BCUT2D eigenvalue weighted by molar-refractivity contribution is -0.115. The molecule has 1 N–H and O–H groups in total. The van der Waals surface area contributed by atoms with E-state index >= 15 is 0 Å². The second-order valence-electron chi connectivity index (χ2n) is 7.70. The molecule has 0 unspecified atom stereocenters. The van der Waals surface area contributed by atoms with Crippen LogP contribution in [0.5, 0.6) is 5.75 Å². The van der Waals surface area contributed by atoms with Gasteiger partial charge >= 0.3 is 0 Å². The van der Waals surface area contributed by atoms with Crippen molar-refractivity contribution in [3.8, 4) is 5.75 Å². The van der Waals surface area contributed by atoms with Crippen molar-refractivity contribution in [3.63, 3.8) is 0 Å². The van der Waals surface area contributed by atoms with Gasteiger partial charge in [-0.25, -0.2) is 0 Å². The molecule has 0 radical (unpaired) electrons. The van der Waals surface area contributed by atoms with E-state index in [2.05, 4.69) is 5.32 Å². The summed E-state index contributed by atoms with van der Waals surface area (Å²) in [7, 11) is 0. The molecule has 6 nitrogen and oxygen atoms in total. The summed E-state index contributed by atoms with van der Waals surface area (Å²) >= 11 is 0. The van der Waals surface area contributed by atoms with Gasteiger partial charge in [0.05, 0.1) is 31.8 Å². The lowest BCUT2D eigenvalue weighted by Crippen LogP contribution is -2.55. The van der Waals surface area contributed by atoms with E-state index in [1.807, 2.05) is 49.9 Å². The molecule has 3 rings (SSSR count). The van der Waals surface area contributed by atoms with Crippen molar-refractivity contribution >= 4 is 17.5 Å². The molecule has 154 valence electrons. The zero-order valence-corrected chi connectivity index (χ0v) is 17.2. The van der Waals surface area contributed by atoms with Crippen molar-refractivity contribution in [1.29, 1.82) is 0 Å². The van der Waals surface area contributed by atoms with Crippen molar-refractivity contribution in [2.45, 2.75) is 32.7 Å². The second-order valence-corrected chi connectivity index (χ2v) is 7.70. The summed E-state index contributed by atoms with van der Waals surface area (Å²) in [6.45, 7) is 8.13. The number of carbonyl (C=O) groups excluding carboxylic acids is 2. The zero-order valence-electron chi connectivity index (χ0n) is 17.2. The van der Waals surface area contributed by atoms with Crippen LogP contribution in [0.2, 0.25) is 0 Å². The molecule has 29 heavy (non-hydrogen) atoms. The van der Waals surface area contributed by atoms with Crippen molar-refractivity contribution in [2.24, 2.45) is 0 Å². The van der Waals surface area contributed by atoms with Gasteiger partial charge in [0.25, 0.3) is 5.91 Å². The molecule has 1 heterocycles. The minimum atomic E-state index is -0.359. The van der Waals surface area contributed by atoms with E-state index in [1.165, 1.54) is 0 Å². The third-order valence-corrected chi connectivity index (χ3v) is 4.88. The average Bonchev–Trinajstić information content (AvgIpc) is 2.69. The molecule has 0 atom stereocenters. The molecular weight excluding hydrogens is 368 g/mol. The molecule has 1 saturated heterocycles. The van der Waals surface area contributed by atoms with E-state index in [0.29, 0.717) is 37.6 Å². The zero-order chi connectivity index (χ0) is 20.9. The van der Waals surface area contributed by atoms with Gasteiger partial charge in [-0.3, -0.25) is 9.59 Å². The monoisotopic (exact) mass is 396 g/mol. The van der Waals surface area contributed by atoms with Crippen LogP contribution in [0.25, 0.3) is 0 Å². The molecular formula is C23H28N2O4. The van der Waals surface area contributed by atoms with Gasteiger partial charge in [0.2, 0.25) is 5.91 Å². The number of nitrogens with zero attached hydrogens (tertiary/aromatic N) is 1. The van der Waals surface area contributed by atoms with E-state index in [4.69, 9.17) is 9.47 Å².